The van der Waals surface area contributed by atoms with Crippen molar-refractivity contribution in [2.45, 2.75) is 37.8 Å². The zero-order valence-electron chi connectivity index (χ0n) is 9.67. The molecule has 3 rings (SSSR count). The first-order valence-corrected chi connectivity index (χ1v) is 6.31. The van der Waals surface area contributed by atoms with E-state index < -0.39 is 0 Å². The molecule has 0 radical (unpaired) electrons. The molecule has 0 bridgehead atoms. The second kappa shape index (κ2) is 3.72. The zero-order chi connectivity index (χ0) is 10.3. The van der Waals surface area contributed by atoms with Gasteiger partial charge in [0.05, 0.1) is 6.10 Å². The Kier molecular flexibility index (Phi) is 2.49. The van der Waals surface area contributed by atoms with Gasteiger partial charge in [-0.15, -0.1) is 0 Å². The van der Waals surface area contributed by atoms with Gasteiger partial charge in [0.15, 0.2) is 0 Å². The van der Waals surface area contributed by atoms with Crippen LogP contribution < -0.4 is 5.32 Å². The van der Waals surface area contributed by atoms with Crippen LogP contribution in [0.25, 0.3) is 0 Å². The summed E-state index contributed by atoms with van der Waals surface area (Å²) in [4.78, 5) is 2.64. The van der Waals surface area contributed by atoms with E-state index in [9.17, 15) is 0 Å². The van der Waals surface area contributed by atoms with E-state index in [1.165, 1.54) is 38.8 Å². The molecule has 1 unspecified atom stereocenters. The lowest BCUT2D eigenvalue weighted by Crippen LogP contribution is -2.61. The van der Waals surface area contributed by atoms with Gasteiger partial charge in [0.2, 0.25) is 0 Å². The quantitative estimate of drug-likeness (QED) is 0.731. The summed E-state index contributed by atoms with van der Waals surface area (Å²) in [5, 5.41) is 3.43. The summed E-state index contributed by atoms with van der Waals surface area (Å²) in [6.07, 6.45) is 6.29. The molecular weight excluding hydrogens is 188 g/mol. The van der Waals surface area contributed by atoms with E-state index in [1.54, 1.807) is 0 Å². The third-order valence-electron chi connectivity index (χ3n) is 4.64. The maximum atomic E-state index is 5.53. The summed E-state index contributed by atoms with van der Waals surface area (Å²) in [6.45, 7) is 4.82. The van der Waals surface area contributed by atoms with Crippen molar-refractivity contribution in [3.8, 4) is 0 Å². The standard InChI is InChI=1S/C12H22N2O/c1-15-11-7-13-6-10(11)14-8-12(9-14)4-2-3-5-12/h10-11,13H,2-9H2,1H3/t10?,11-/m0/s1. The number of rotatable bonds is 2. The van der Waals surface area contributed by atoms with Crippen molar-refractivity contribution >= 4 is 0 Å². The van der Waals surface area contributed by atoms with Crippen molar-refractivity contribution in [1.82, 2.24) is 10.2 Å². The minimum atomic E-state index is 0.420. The molecule has 2 atom stereocenters. The van der Waals surface area contributed by atoms with Crippen LogP contribution in [0.5, 0.6) is 0 Å². The van der Waals surface area contributed by atoms with Gasteiger partial charge >= 0.3 is 0 Å². The summed E-state index contributed by atoms with van der Waals surface area (Å²) >= 11 is 0. The van der Waals surface area contributed by atoms with Gasteiger partial charge in [0.25, 0.3) is 0 Å². The number of likely N-dealkylation sites (tertiary alicyclic amines) is 1. The van der Waals surface area contributed by atoms with E-state index >= 15 is 0 Å². The summed E-state index contributed by atoms with van der Waals surface area (Å²) in [6, 6.07) is 0.640. The number of methoxy groups -OCH3 is 1. The predicted molar refractivity (Wildman–Crippen MR) is 59.9 cm³/mol. The van der Waals surface area contributed by atoms with Gasteiger partial charge in [-0.3, -0.25) is 4.90 Å². The number of hydrogen-bond acceptors (Lipinski definition) is 3. The minimum Gasteiger partial charge on any atom is -0.378 e. The van der Waals surface area contributed by atoms with Crippen LogP contribution in [-0.2, 0) is 4.74 Å². The van der Waals surface area contributed by atoms with Gasteiger partial charge in [-0.05, 0) is 18.3 Å². The van der Waals surface area contributed by atoms with Crippen molar-refractivity contribution < 1.29 is 4.74 Å². The van der Waals surface area contributed by atoms with Crippen molar-refractivity contribution in [1.29, 1.82) is 0 Å². The van der Waals surface area contributed by atoms with Crippen LogP contribution in [0.2, 0.25) is 0 Å². The van der Waals surface area contributed by atoms with E-state index in [4.69, 9.17) is 4.74 Å². The number of nitrogens with one attached hydrogen (secondary N) is 1. The maximum Gasteiger partial charge on any atom is 0.0862 e. The Balaban J connectivity index is 1.57. The van der Waals surface area contributed by atoms with Gasteiger partial charge in [0, 0.05) is 39.3 Å². The first-order chi connectivity index (χ1) is 7.33. The lowest BCUT2D eigenvalue weighted by molar-refractivity contribution is -0.0596. The maximum absolute atomic E-state index is 5.53. The highest BCUT2D eigenvalue weighted by molar-refractivity contribution is 5.03. The second-order valence-corrected chi connectivity index (χ2v) is 5.61. The summed E-state index contributed by atoms with van der Waals surface area (Å²) < 4.78 is 5.53. The Morgan fingerprint density at radius 2 is 1.93 bits per heavy atom. The third-order valence-corrected chi connectivity index (χ3v) is 4.64. The van der Waals surface area contributed by atoms with Crippen LogP contribution >= 0.6 is 0 Å². The van der Waals surface area contributed by atoms with E-state index in [0.29, 0.717) is 12.1 Å². The first-order valence-electron chi connectivity index (χ1n) is 6.31. The van der Waals surface area contributed by atoms with Gasteiger partial charge in [-0.25, -0.2) is 0 Å². The fourth-order valence-corrected chi connectivity index (χ4v) is 3.74. The minimum absolute atomic E-state index is 0.420. The molecule has 3 heteroatoms. The van der Waals surface area contributed by atoms with E-state index in [0.717, 1.165) is 18.5 Å². The molecule has 0 aromatic carbocycles. The highest BCUT2D eigenvalue weighted by Gasteiger charge is 2.48. The van der Waals surface area contributed by atoms with Crippen LogP contribution in [0.15, 0.2) is 0 Å². The fraction of sp³-hybridized carbons (Fsp3) is 1.00. The highest BCUT2D eigenvalue weighted by Crippen LogP contribution is 2.46. The van der Waals surface area contributed by atoms with Crippen LogP contribution in [-0.4, -0.2) is 50.3 Å². The third kappa shape index (κ3) is 1.61. The van der Waals surface area contributed by atoms with Crippen molar-refractivity contribution in [3.05, 3.63) is 0 Å². The lowest BCUT2D eigenvalue weighted by Gasteiger charge is -2.52. The average molecular weight is 210 g/mol. The number of ether oxygens (including phenoxy) is 1. The van der Waals surface area contributed by atoms with Gasteiger partial charge in [0.1, 0.15) is 0 Å². The molecule has 1 saturated carbocycles. The number of nitrogens with zero attached hydrogens (tertiary/aromatic N) is 1. The van der Waals surface area contributed by atoms with Crippen molar-refractivity contribution in [3.63, 3.8) is 0 Å². The Labute approximate surface area is 92.2 Å². The van der Waals surface area contributed by atoms with Crippen LogP contribution in [0.3, 0.4) is 0 Å². The summed E-state index contributed by atoms with van der Waals surface area (Å²) in [5.41, 5.74) is 0.723. The largest absolute Gasteiger partial charge is 0.378 e. The SMILES string of the molecule is CO[C@H]1CNCC1N1CC2(CCCC2)C1. The molecule has 0 aromatic rings. The zero-order valence-corrected chi connectivity index (χ0v) is 9.67. The molecule has 1 spiro atoms. The van der Waals surface area contributed by atoms with Crippen molar-refractivity contribution in [2.75, 3.05) is 33.3 Å². The predicted octanol–water partition coefficient (Wildman–Crippen LogP) is 0.849. The Bertz CT molecular complexity index is 230. The Hall–Kier alpha value is -0.120. The second-order valence-electron chi connectivity index (χ2n) is 5.61. The lowest BCUT2D eigenvalue weighted by atomic mass is 9.77. The van der Waals surface area contributed by atoms with E-state index in [1.807, 2.05) is 7.11 Å². The van der Waals surface area contributed by atoms with E-state index in [2.05, 4.69) is 10.2 Å². The topological polar surface area (TPSA) is 24.5 Å². The molecule has 1 N–H and O–H groups in total. The van der Waals surface area contributed by atoms with Gasteiger partial charge in [-0.2, -0.15) is 0 Å². The fourth-order valence-electron chi connectivity index (χ4n) is 3.74. The molecule has 3 aliphatic rings. The average Bonchev–Trinajstić information content (AvgIpc) is 2.83. The van der Waals surface area contributed by atoms with Gasteiger partial charge < -0.3 is 10.1 Å². The molecular formula is C12H22N2O. The summed E-state index contributed by atoms with van der Waals surface area (Å²) in [5.74, 6) is 0. The van der Waals surface area contributed by atoms with Gasteiger partial charge in [-0.1, -0.05) is 12.8 Å². The van der Waals surface area contributed by atoms with Crippen molar-refractivity contribution in [2.24, 2.45) is 5.41 Å². The van der Waals surface area contributed by atoms with Crippen LogP contribution in [0, 0.1) is 5.41 Å². The van der Waals surface area contributed by atoms with Crippen LogP contribution in [0.4, 0.5) is 0 Å². The molecule has 1 aliphatic carbocycles. The molecule has 0 aromatic heterocycles. The molecule has 2 saturated heterocycles. The molecule has 2 aliphatic heterocycles. The Morgan fingerprint density at radius 3 is 2.60 bits per heavy atom. The van der Waals surface area contributed by atoms with Crippen LogP contribution in [0.1, 0.15) is 25.7 Å². The van der Waals surface area contributed by atoms with E-state index in [-0.39, 0.29) is 0 Å². The molecule has 3 fully saturated rings. The number of hydrogen-bond donors (Lipinski definition) is 1. The normalized spacial score (nSPS) is 39.8. The first kappa shape index (κ1) is 10.1. The molecule has 86 valence electrons. The molecule has 2 heterocycles. The smallest absolute Gasteiger partial charge is 0.0862 e. The highest BCUT2D eigenvalue weighted by atomic mass is 16.5. The molecule has 0 amide bonds. The monoisotopic (exact) mass is 210 g/mol. The Morgan fingerprint density at radius 1 is 1.20 bits per heavy atom. The molecule has 15 heavy (non-hydrogen) atoms. The molecule has 3 nitrogen and oxygen atoms in total. The summed E-state index contributed by atoms with van der Waals surface area (Å²) in [7, 11) is 1.84.